The van der Waals surface area contributed by atoms with Crippen molar-refractivity contribution in [1.82, 2.24) is 9.55 Å². The molecule has 4 heterocycles. The maximum atomic E-state index is 15.2. The van der Waals surface area contributed by atoms with Crippen LogP contribution in [0.25, 0.3) is 11.4 Å². The van der Waals surface area contributed by atoms with Crippen molar-refractivity contribution in [1.29, 1.82) is 0 Å². The molecule has 1 atom stereocenters. The molecule has 170 valence electrons. The summed E-state index contributed by atoms with van der Waals surface area (Å²) in [6.07, 6.45) is 1.42. The fourth-order valence-electron chi connectivity index (χ4n) is 4.85. The predicted octanol–water partition coefficient (Wildman–Crippen LogP) is 3.54. The number of hydrogen-bond acceptors (Lipinski definition) is 5. The van der Waals surface area contributed by atoms with Crippen LogP contribution in [0.5, 0.6) is 5.75 Å². The molecule has 1 saturated heterocycles. The van der Waals surface area contributed by atoms with Gasteiger partial charge in [0.25, 0.3) is 6.43 Å². The molecular weight excluding hydrogens is 429 g/mol. The number of ether oxygens (including phenoxy) is 2. The van der Waals surface area contributed by atoms with Crippen LogP contribution in [-0.2, 0) is 16.7 Å². The Morgan fingerprint density at radius 3 is 2.78 bits per heavy atom. The van der Waals surface area contributed by atoms with Gasteiger partial charge in [-0.05, 0) is 43.7 Å². The van der Waals surface area contributed by atoms with Gasteiger partial charge in [0, 0.05) is 24.3 Å². The van der Waals surface area contributed by atoms with Gasteiger partial charge in [0.1, 0.15) is 22.7 Å². The van der Waals surface area contributed by atoms with E-state index in [1.165, 1.54) is 10.6 Å². The highest BCUT2D eigenvalue weighted by Crippen LogP contribution is 2.50. The molecule has 1 spiro atoms. The Labute approximate surface area is 180 Å². The van der Waals surface area contributed by atoms with E-state index in [1.54, 1.807) is 0 Å². The highest BCUT2D eigenvalue weighted by atomic mass is 19.3. The number of halogens is 3. The summed E-state index contributed by atoms with van der Waals surface area (Å²) in [7, 11) is 0. The minimum atomic E-state index is -2.98. The van der Waals surface area contributed by atoms with E-state index in [4.69, 9.17) is 9.47 Å². The Balaban J connectivity index is 1.66. The maximum absolute atomic E-state index is 15.2. The van der Waals surface area contributed by atoms with Crippen molar-refractivity contribution in [2.75, 3.05) is 19.8 Å². The second-order valence-electron chi connectivity index (χ2n) is 8.69. The van der Waals surface area contributed by atoms with Gasteiger partial charge in [-0.15, -0.1) is 0 Å². The van der Waals surface area contributed by atoms with Crippen LogP contribution in [0.4, 0.5) is 13.2 Å². The predicted molar refractivity (Wildman–Crippen MR) is 106 cm³/mol. The Hall–Kier alpha value is -2.88. The largest absolute Gasteiger partial charge is 0.491 e. The van der Waals surface area contributed by atoms with Crippen molar-refractivity contribution < 1.29 is 32.5 Å². The van der Waals surface area contributed by atoms with Crippen molar-refractivity contribution in [3.63, 3.8) is 0 Å². The van der Waals surface area contributed by atoms with Gasteiger partial charge in [-0.1, -0.05) is 0 Å². The maximum Gasteiger partial charge on any atom is 0.341 e. The number of hydrogen-bond donors (Lipinski definition) is 1. The summed E-state index contributed by atoms with van der Waals surface area (Å²) in [4.78, 5) is 27.9. The van der Waals surface area contributed by atoms with Gasteiger partial charge in [-0.25, -0.2) is 22.9 Å². The summed E-state index contributed by atoms with van der Waals surface area (Å²) in [5.41, 5.74) is -3.02. The number of aromatic nitrogens is 2. The van der Waals surface area contributed by atoms with Crippen molar-refractivity contribution >= 4 is 5.97 Å². The molecule has 5 rings (SSSR count). The Morgan fingerprint density at radius 1 is 1.41 bits per heavy atom. The monoisotopic (exact) mass is 450 g/mol. The molecule has 0 bridgehead atoms. The number of aromatic carboxylic acids is 1. The molecule has 1 unspecified atom stereocenters. The quantitative estimate of drug-likeness (QED) is 0.750. The first kappa shape index (κ1) is 21.0. The van der Waals surface area contributed by atoms with Gasteiger partial charge >= 0.3 is 5.97 Å². The summed E-state index contributed by atoms with van der Waals surface area (Å²) in [5.74, 6) is -2.79. The number of nitrogens with zero attached hydrogens (tertiary/aromatic N) is 2. The lowest BCUT2D eigenvalue weighted by atomic mass is 9.70. The van der Waals surface area contributed by atoms with E-state index in [9.17, 15) is 23.5 Å². The Kier molecular flexibility index (Phi) is 4.99. The van der Waals surface area contributed by atoms with Crippen LogP contribution in [0.2, 0.25) is 0 Å². The van der Waals surface area contributed by atoms with E-state index in [0.29, 0.717) is 38.0 Å². The Bertz CT molecular complexity index is 1150. The molecule has 1 aliphatic carbocycles. The molecule has 2 aromatic rings. The van der Waals surface area contributed by atoms with Crippen molar-refractivity contribution in [2.24, 2.45) is 5.92 Å². The average molecular weight is 450 g/mol. The zero-order valence-electron chi connectivity index (χ0n) is 17.1. The topological polar surface area (TPSA) is 90.7 Å². The minimum absolute atomic E-state index is 0.0570. The Morgan fingerprint density at radius 2 is 2.19 bits per heavy atom. The van der Waals surface area contributed by atoms with Gasteiger partial charge < -0.3 is 19.1 Å². The number of carboxylic acids is 1. The van der Waals surface area contributed by atoms with Crippen LogP contribution >= 0.6 is 0 Å². The molecule has 0 amide bonds. The molecular formula is C22H21F3N2O5. The lowest BCUT2D eigenvalue weighted by molar-refractivity contribution is 0.0690. The first-order valence-corrected chi connectivity index (χ1v) is 10.5. The molecule has 10 heteroatoms. The molecule has 32 heavy (non-hydrogen) atoms. The van der Waals surface area contributed by atoms with E-state index in [2.05, 4.69) is 4.98 Å². The molecule has 2 fully saturated rings. The van der Waals surface area contributed by atoms with Gasteiger partial charge in [0.15, 0.2) is 5.82 Å². The van der Waals surface area contributed by atoms with Gasteiger partial charge in [0.05, 0.1) is 18.9 Å². The SMILES string of the molecule is O=C(O)c1cn2c(c(F)c1=O)-c1nc(C(F)F)c(OCC3CCOC3)cc1CC21CCC1. The zero-order chi connectivity index (χ0) is 22.6. The number of rotatable bonds is 5. The normalized spacial score (nSPS) is 20.7. The molecule has 3 aliphatic rings. The molecule has 7 nitrogen and oxygen atoms in total. The van der Waals surface area contributed by atoms with Crippen molar-refractivity contribution in [3.05, 3.63) is 45.1 Å². The first-order chi connectivity index (χ1) is 15.3. The lowest BCUT2D eigenvalue weighted by Crippen LogP contribution is -2.47. The smallest absolute Gasteiger partial charge is 0.341 e. The standard InChI is InChI=1S/C22H21F3N2O5/c23-15-18-16-12(6-14(17(26-16)20(24)25)32-10-11-2-5-31-9-11)7-22(3-1-4-22)27(18)8-13(19(15)28)21(29)30/h6,8,11,20H,1-5,7,9-10H2,(H,29,30). The molecule has 2 aliphatic heterocycles. The van der Waals surface area contributed by atoms with E-state index in [1.807, 2.05) is 0 Å². The van der Waals surface area contributed by atoms with Gasteiger partial charge in [0.2, 0.25) is 5.43 Å². The second-order valence-corrected chi connectivity index (χ2v) is 8.69. The third kappa shape index (κ3) is 3.19. The van der Waals surface area contributed by atoms with Gasteiger partial charge in [-0.2, -0.15) is 0 Å². The highest BCUT2D eigenvalue weighted by Gasteiger charge is 2.46. The number of carboxylic acid groups (broad SMARTS) is 1. The molecule has 1 N–H and O–H groups in total. The van der Waals surface area contributed by atoms with Crippen molar-refractivity contribution in [3.8, 4) is 17.1 Å². The van der Waals surface area contributed by atoms with E-state index >= 15 is 4.39 Å². The third-order valence-corrected chi connectivity index (χ3v) is 6.72. The van der Waals surface area contributed by atoms with Crippen LogP contribution in [0, 0.1) is 11.7 Å². The fourth-order valence-corrected chi connectivity index (χ4v) is 4.85. The number of fused-ring (bicyclic) bond motifs is 4. The number of pyridine rings is 2. The van der Waals surface area contributed by atoms with E-state index < -0.39 is 40.4 Å². The molecule has 2 aromatic heterocycles. The summed E-state index contributed by atoms with van der Waals surface area (Å²) in [6.45, 7) is 1.31. The van der Waals surface area contributed by atoms with E-state index in [-0.39, 0.29) is 29.7 Å². The fraction of sp³-hybridized carbons (Fsp3) is 0.500. The first-order valence-electron chi connectivity index (χ1n) is 10.5. The number of carbonyl (C=O) groups is 1. The van der Waals surface area contributed by atoms with Crippen LogP contribution in [0.3, 0.4) is 0 Å². The zero-order valence-corrected chi connectivity index (χ0v) is 17.1. The molecule has 0 aromatic carbocycles. The van der Waals surface area contributed by atoms with Crippen LogP contribution in [0.1, 0.15) is 53.7 Å². The lowest BCUT2D eigenvalue weighted by Gasteiger charge is -2.48. The summed E-state index contributed by atoms with van der Waals surface area (Å²) >= 11 is 0. The highest BCUT2D eigenvalue weighted by molar-refractivity contribution is 5.87. The van der Waals surface area contributed by atoms with Crippen molar-refractivity contribution in [2.45, 2.75) is 44.1 Å². The minimum Gasteiger partial charge on any atom is -0.491 e. The van der Waals surface area contributed by atoms with Gasteiger partial charge in [-0.3, -0.25) is 4.79 Å². The second kappa shape index (κ2) is 7.61. The average Bonchev–Trinajstić information content (AvgIpc) is 3.25. The van der Waals surface area contributed by atoms with E-state index in [0.717, 1.165) is 19.0 Å². The third-order valence-electron chi connectivity index (χ3n) is 6.72. The summed E-state index contributed by atoms with van der Waals surface area (Å²) in [6, 6.07) is 1.47. The number of alkyl halides is 2. The summed E-state index contributed by atoms with van der Waals surface area (Å²) in [5, 5.41) is 9.33. The van der Waals surface area contributed by atoms with Crippen LogP contribution < -0.4 is 10.2 Å². The van der Waals surface area contributed by atoms with Crippen LogP contribution in [-0.4, -0.2) is 40.4 Å². The summed E-state index contributed by atoms with van der Waals surface area (Å²) < 4.78 is 55.3. The van der Waals surface area contributed by atoms with Crippen LogP contribution in [0.15, 0.2) is 17.1 Å². The molecule has 0 radical (unpaired) electrons. The molecule has 1 saturated carbocycles.